The van der Waals surface area contributed by atoms with Gasteiger partial charge in [0.2, 0.25) is 0 Å². The molecule has 2 atom stereocenters. The molecule has 2 aliphatic carbocycles. The van der Waals surface area contributed by atoms with Gasteiger partial charge in [0.25, 0.3) is 0 Å². The fourth-order valence-electron chi connectivity index (χ4n) is 4.80. The summed E-state index contributed by atoms with van der Waals surface area (Å²) >= 11 is 0. The Balaban J connectivity index is 1.52. The Morgan fingerprint density at radius 2 is 1.82 bits per heavy atom. The molecule has 0 aromatic rings. The molecule has 1 aliphatic heterocycles. The van der Waals surface area contributed by atoms with Gasteiger partial charge in [-0.25, -0.2) is 8.42 Å². The van der Waals surface area contributed by atoms with E-state index in [1.807, 2.05) is 0 Å². The van der Waals surface area contributed by atoms with E-state index < -0.39 is 9.84 Å². The van der Waals surface area contributed by atoms with Crippen molar-refractivity contribution in [3.63, 3.8) is 0 Å². The summed E-state index contributed by atoms with van der Waals surface area (Å²) in [6.45, 7) is 3.90. The first kappa shape index (κ1) is 16.7. The second-order valence-electron chi connectivity index (χ2n) is 7.53. The minimum absolute atomic E-state index is 0.370. The lowest BCUT2D eigenvalue weighted by molar-refractivity contribution is -0.150. The second kappa shape index (κ2) is 6.78. The van der Waals surface area contributed by atoms with Crippen LogP contribution in [0.3, 0.4) is 0 Å². The molecule has 3 aliphatic rings. The third-order valence-corrected chi connectivity index (χ3v) is 7.98. The highest BCUT2D eigenvalue weighted by Gasteiger charge is 2.55. The van der Waals surface area contributed by atoms with Crippen LogP contribution in [0, 0.1) is 11.3 Å². The average molecular weight is 330 g/mol. The molecule has 128 valence electrons. The number of rotatable bonds is 5. The molecule has 0 unspecified atom stereocenters. The van der Waals surface area contributed by atoms with Crippen molar-refractivity contribution < 1.29 is 13.2 Å². The topological polar surface area (TPSA) is 55.4 Å². The SMILES string of the molecule is CCO[C@H]1C[C@H](NCC2CCS(=O)(=O)CC2)C12CCCCC2. The third-order valence-electron chi connectivity index (χ3n) is 6.26. The Morgan fingerprint density at radius 3 is 2.45 bits per heavy atom. The summed E-state index contributed by atoms with van der Waals surface area (Å²) in [5.41, 5.74) is 0.370. The van der Waals surface area contributed by atoms with E-state index >= 15 is 0 Å². The van der Waals surface area contributed by atoms with Gasteiger partial charge in [-0.15, -0.1) is 0 Å². The van der Waals surface area contributed by atoms with E-state index in [1.165, 1.54) is 32.1 Å². The summed E-state index contributed by atoms with van der Waals surface area (Å²) in [5.74, 6) is 1.31. The summed E-state index contributed by atoms with van der Waals surface area (Å²) in [6.07, 6.45) is 9.90. The lowest BCUT2D eigenvalue weighted by Crippen LogP contribution is -2.65. The molecule has 0 radical (unpaired) electrons. The van der Waals surface area contributed by atoms with Gasteiger partial charge in [-0.2, -0.15) is 0 Å². The Kier molecular flexibility index (Phi) is 5.15. The first-order valence-corrected chi connectivity index (χ1v) is 10.9. The zero-order valence-electron chi connectivity index (χ0n) is 13.9. The normalized spacial score (nSPS) is 34.4. The molecule has 3 rings (SSSR count). The van der Waals surface area contributed by atoms with Gasteiger partial charge in [0, 0.05) is 18.1 Å². The van der Waals surface area contributed by atoms with Crippen molar-refractivity contribution in [2.45, 2.75) is 70.4 Å². The molecule has 1 spiro atoms. The maximum absolute atomic E-state index is 11.5. The van der Waals surface area contributed by atoms with Crippen LogP contribution in [-0.4, -0.2) is 45.2 Å². The van der Waals surface area contributed by atoms with Gasteiger partial charge in [-0.3, -0.25) is 0 Å². The lowest BCUT2D eigenvalue weighted by Gasteiger charge is -2.58. The summed E-state index contributed by atoms with van der Waals surface area (Å²) in [5, 5.41) is 3.79. The molecular formula is C17H31NO3S. The quantitative estimate of drug-likeness (QED) is 0.842. The van der Waals surface area contributed by atoms with E-state index in [-0.39, 0.29) is 0 Å². The van der Waals surface area contributed by atoms with Crippen molar-refractivity contribution in [1.29, 1.82) is 0 Å². The second-order valence-corrected chi connectivity index (χ2v) is 9.83. The van der Waals surface area contributed by atoms with Crippen LogP contribution in [0.15, 0.2) is 0 Å². The number of hydrogen-bond donors (Lipinski definition) is 1. The van der Waals surface area contributed by atoms with E-state index in [9.17, 15) is 8.42 Å². The molecule has 1 heterocycles. The van der Waals surface area contributed by atoms with Gasteiger partial charge in [0.1, 0.15) is 9.84 Å². The van der Waals surface area contributed by atoms with Gasteiger partial charge in [0.15, 0.2) is 0 Å². The highest BCUT2D eigenvalue weighted by molar-refractivity contribution is 7.91. The van der Waals surface area contributed by atoms with Crippen molar-refractivity contribution in [2.24, 2.45) is 11.3 Å². The maximum atomic E-state index is 11.5. The van der Waals surface area contributed by atoms with Crippen molar-refractivity contribution in [2.75, 3.05) is 24.7 Å². The summed E-state index contributed by atoms with van der Waals surface area (Å²) in [7, 11) is -2.74. The number of hydrogen-bond acceptors (Lipinski definition) is 4. The molecule has 0 bridgehead atoms. The zero-order valence-corrected chi connectivity index (χ0v) is 14.7. The molecule has 1 N–H and O–H groups in total. The summed E-state index contributed by atoms with van der Waals surface area (Å²) in [6, 6.07) is 0.586. The number of ether oxygens (including phenoxy) is 1. The Morgan fingerprint density at radius 1 is 1.14 bits per heavy atom. The van der Waals surface area contributed by atoms with Crippen LogP contribution >= 0.6 is 0 Å². The lowest BCUT2D eigenvalue weighted by atomic mass is 9.55. The van der Waals surface area contributed by atoms with Crippen molar-refractivity contribution in [3.8, 4) is 0 Å². The van der Waals surface area contributed by atoms with E-state index in [0.29, 0.717) is 35.0 Å². The van der Waals surface area contributed by atoms with Gasteiger partial charge in [-0.1, -0.05) is 19.3 Å². The Bertz CT molecular complexity index is 456. The molecule has 0 amide bonds. The van der Waals surface area contributed by atoms with Crippen LogP contribution in [0.4, 0.5) is 0 Å². The highest BCUT2D eigenvalue weighted by atomic mass is 32.2. The molecule has 3 fully saturated rings. The molecule has 5 heteroatoms. The fourth-order valence-corrected chi connectivity index (χ4v) is 6.39. The highest BCUT2D eigenvalue weighted by Crippen LogP contribution is 2.53. The average Bonchev–Trinajstić information content (AvgIpc) is 2.52. The first-order valence-electron chi connectivity index (χ1n) is 9.11. The Labute approximate surface area is 135 Å². The van der Waals surface area contributed by atoms with E-state index in [1.54, 1.807) is 0 Å². The van der Waals surface area contributed by atoms with Gasteiger partial charge in [-0.05, 0) is 51.5 Å². The molecular weight excluding hydrogens is 298 g/mol. The van der Waals surface area contributed by atoms with Gasteiger partial charge < -0.3 is 10.1 Å². The predicted molar refractivity (Wildman–Crippen MR) is 88.7 cm³/mol. The Hall–Kier alpha value is -0.130. The van der Waals surface area contributed by atoms with Crippen LogP contribution < -0.4 is 5.32 Å². The molecule has 0 aromatic carbocycles. The van der Waals surface area contributed by atoms with Crippen LogP contribution in [0.25, 0.3) is 0 Å². The summed E-state index contributed by atoms with van der Waals surface area (Å²) in [4.78, 5) is 0. The number of nitrogens with one attached hydrogen (secondary N) is 1. The van der Waals surface area contributed by atoms with Gasteiger partial charge >= 0.3 is 0 Å². The monoisotopic (exact) mass is 329 g/mol. The largest absolute Gasteiger partial charge is 0.378 e. The predicted octanol–water partition coefficient (Wildman–Crippen LogP) is 2.53. The van der Waals surface area contributed by atoms with E-state index in [0.717, 1.165) is 32.4 Å². The standard InChI is InChI=1S/C17H31NO3S/c1-2-21-16-12-15(17(16)8-4-3-5-9-17)18-13-14-6-10-22(19,20)11-7-14/h14-16,18H,2-13H2,1H3/t15-,16-/m0/s1. The van der Waals surface area contributed by atoms with Gasteiger partial charge in [0.05, 0.1) is 17.6 Å². The van der Waals surface area contributed by atoms with Crippen molar-refractivity contribution in [1.82, 2.24) is 5.32 Å². The van der Waals surface area contributed by atoms with Crippen LogP contribution in [0.1, 0.15) is 58.3 Å². The molecule has 4 nitrogen and oxygen atoms in total. The molecule has 2 saturated carbocycles. The molecule has 22 heavy (non-hydrogen) atoms. The number of sulfone groups is 1. The third kappa shape index (κ3) is 3.36. The molecule has 0 aromatic heterocycles. The van der Waals surface area contributed by atoms with E-state index in [2.05, 4.69) is 12.2 Å². The van der Waals surface area contributed by atoms with E-state index in [4.69, 9.17) is 4.74 Å². The fraction of sp³-hybridized carbons (Fsp3) is 1.00. The first-order chi connectivity index (χ1) is 10.6. The minimum Gasteiger partial charge on any atom is -0.378 e. The minimum atomic E-state index is -2.74. The molecule has 1 saturated heterocycles. The van der Waals surface area contributed by atoms with Crippen LogP contribution in [0.5, 0.6) is 0 Å². The van der Waals surface area contributed by atoms with Crippen LogP contribution in [0.2, 0.25) is 0 Å². The van der Waals surface area contributed by atoms with Crippen LogP contribution in [-0.2, 0) is 14.6 Å². The summed E-state index contributed by atoms with van der Waals surface area (Å²) < 4.78 is 29.0. The maximum Gasteiger partial charge on any atom is 0.150 e. The smallest absolute Gasteiger partial charge is 0.150 e. The van der Waals surface area contributed by atoms with Crippen molar-refractivity contribution in [3.05, 3.63) is 0 Å². The zero-order chi connectivity index (χ0) is 15.6. The van der Waals surface area contributed by atoms with Crippen molar-refractivity contribution >= 4 is 9.84 Å².